The molecule has 20 heavy (non-hydrogen) atoms. The van der Waals surface area contributed by atoms with E-state index >= 15 is 0 Å². The predicted octanol–water partition coefficient (Wildman–Crippen LogP) is 1.31. The molecule has 3 aliphatic rings. The summed E-state index contributed by atoms with van der Waals surface area (Å²) in [6.45, 7) is 12.7. The molecule has 3 heterocycles. The second kappa shape index (κ2) is 6.30. The van der Waals surface area contributed by atoms with Gasteiger partial charge in [0.05, 0.1) is 12.7 Å². The van der Waals surface area contributed by atoms with E-state index in [0.717, 1.165) is 38.8 Å². The van der Waals surface area contributed by atoms with E-state index in [1.807, 2.05) is 0 Å². The first-order valence-electron chi connectivity index (χ1n) is 8.51. The summed E-state index contributed by atoms with van der Waals surface area (Å²) in [4.78, 5) is 5.29. The zero-order chi connectivity index (χ0) is 14.0. The van der Waals surface area contributed by atoms with E-state index in [1.54, 1.807) is 0 Å². The lowest BCUT2D eigenvalue weighted by molar-refractivity contribution is -0.0622. The van der Waals surface area contributed by atoms with Gasteiger partial charge in [0.15, 0.2) is 0 Å². The molecule has 3 fully saturated rings. The highest BCUT2D eigenvalue weighted by Gasteiger charge is 2.34. The lowest BCUT2D eigenvalue weighted by Crippen LogP contribution is -2.53. The van der Waals surface area contributed by atoms with Crippen molar-refractivity contribution in [2.24, 2.45) is 0 Å². The van der Waals surface area contributed by atoms with Gasteiger partial charge in [0.2, 0.25) is 0 Å². The Balaban J connectivity index is 1.54. The summed E-state index contributed by atoms with van der Waals surface area (Å²) < 4.78 is 6.13. The number of rotatable bonds is 3. The Morgan fingerprint density at radius 2 is 2.20 bits per heavy atom. The number of nitrogens with one attached hydrogen (secondary N) is 1. The molecule has 116 valence electrons. The molecule has 0 aliphatic carbocycles. The minimum absolute atomic E-state index is 0.279. The molecule has 3 atom stereocenters. The molecule has 3 saturated heterocycles. The van der Waals surface area contributed by atoms with Gasteiger partial charge < -0.3 is 10.1 Å². The van der Waals surface area contributed by atoms with Crippen molar-refractivity contribution in [3.8, 4) is 0 Å². The van der Waals surface area contributed by atoms with Gasteiger partial charge in [-0.25, -0.2) is 0 Å². The fourth-order valence-corrected chi connectivity index (χ4v) is 4.00. The second-order valence-corrected chi connectivity index (χ2v) is 7.18. The summed E-state index contributed by atoms with van der Waals surface area (Å²) in [7, 11) is 0. The predicted molar refractivity (Wildman–Crippen MR) is 82.1 cm³/mol. The molecule has 3 unspecified atom stereocenters. The van der Waals surface area contributed by atoms with E-state index in [1.165, 1.54) is 38.8 Å². The van der Waals surface area contributed by atoms with Crippen LogP contribution in [0.4, 0.5) is 0 Å². The molecule has 0 radical (unpaired) electrons. The first-order valence-corrected chi connectivity index (χ1v) is 8.51. The van der Waals surface area contributed by atoms with Crippen molar-refractivity contribution in [2.75, 3.05) is 45.9 Å². The summed E-state index contributed by atoms with van der Waals surface area (Å²) in [6.07, 6.45) is 5.58. The Morgan fingerprint density at radius 1 is 1.30 bits per heavy atom. The van der Waals surface area contributed by atoms with Crippen LogP contribution in [0.2, 0.25) is 0 Å². The van der Waals surface area contributed by atoms with Crippen molar-refractivity contribution >= 4 is 0 Å². The average molecular weight is 281 g/mol. The van der Waals surface area contributed by atoms with Crippen molar-refractivity contribution in [2.45, 2.75) is 57.2 Å². The van der Waals surface area contributed by atoms with Gasteiger partial charge in [-0.2, -0.15) is 0 Å². The third-order valence-electron chi connectivity index (χ3n) is 5.48. The van der Waals surface area contributed by atoms with Gasteiger partial charge in [-0.3, -0.25) is 9.80 Å². The van der Waals surface area contributed by atoms with Crippen LogP contribution in [0.5, 0.6) is 0 Å². The molecule has 0 amide bonds. The van der Waals surface area contributed by atoms with E-state index in [4.69, 9.17) is 4.74 Å². The van der Waals surface area contributed by atoms with Gasteiger partial charge in [-0.1, -0.05) is 6.92 Å². The number of nitrogens with zero attached hydrogens (tertiary/aromatic N) is 2. The Labute approximate surface area is 123 Å². The molecule has 0 saturated carbocycles. The number of morpholine rings is 1. The Hall–Kier alpha value is -0.160. The minimum atomic E-state index is 0.279. The number of fused-ring (bicyclic) bond motifs is 1. The topological polar surface area (TPSA) is 27.7 Å². The number of ether oxygens (including phenoxy) is 1. The standard InChI is InChI=1S/C16H31N3O/c1-3-16(2)13-18(8-5-7-17-16)10-15-11-19-9-4-6-14(19)12-20-15/h14-15,17H,3-13H2,1-2H3. The first kappa shape index (κ1) is 14.8. The summed E-state index contributed by atoms with van der Waals surface area (Å²) in [5.74, 6) is 0. The number of hydrogen-bond donors (Lipinski definition) is 1. The summed E-state index contributed by atoms with van der Waals surface area (Å²) in [5, 5.41) is 3.72. The van der Waals surface area contributed by atoms with Crippen LogP contribution in [-0.2, 0) is 4.74 Å². The summed E-state index contributed by atoms with van der Waals surface area (Å²) in [5.41, 5.74) is 0.279. The quantitative estimate of drug-likeness (QED) is 0.844. The van der Waals surface area contributed by atoms with Crippen LogP contribution < -0.4 is 5.32 Å². The highest BCUT2D eigenvalue weighted by atomic mass is 16.5. The van der Waals surface area contributed by atoms with Crippen molar-refractivity contribution in [1.29, 1.82) is 0 Å². The van der Waals surface area contributed by atoms with Gasteiger partial charge in [-0.05, 0) is 52.2 Å². The summed E-state index contributed by atoms with van der Waals surface area (Å²) in [6, 6.07) is 0.720. The molecule has 0 aromatic heterocycles. The van der Waals surface area contributed by atoms with E-state index in [0.29, 0.717) is 6.10 Å². The highest BCUT2D eigenvalue weighted by Crippen LogP contribution is 2.23. The van der Waals surface area contributed by atoms with Crippen LogP contribution in [0.3, 0.4) is 0 Å². The maximum Gasteiger partial charge on any atom is 0.0829 e. The van der Waals surface area contributed by atoms with E-state index < -0.39 is 0 Å². The van der Waals surface area contributed by atoms with Crippen LogP contribution in [0, 0.1) is 0 Å². The average Bonchev–Trinajstić information content (AvgIpc) is 2.83. The highest BCUT2D eigenvalue weighted by molar-refractivity contribution is 4.91. The molecule has 0 aromatic carbocycles. The molecule has 1 N–H and O–H groups in total. The Bertz CT molecular complexity index is 325. The molecule has 0 bridgehead atoms. The van der Waals surface area contributed by atoms with Crippen LogP contribution in [-0.4, -0.2) is 73.4 Å². The van der Waals surface area contributed by atoms with Gasteiger partial charge in [-0.15, -0.1) is 0 Å². The Kier molecular flexibility index (Phi) is 4.65. The van der Waals surface area contributed by atoms with Crippen LogP contribution in [0.1, 0.15) is 39.5 Å². The van der Waals surface area contributed by atoms with Crippen molar-refractivity contribution < 1.29 is 4.74 Å². The first-order chi connectivity index (χ1) is 9.68. The molecule has 0 spiro atoms. The summed E-state index contributed by atoms with van der Waals surface area (Å²) >= 11 is 0. The third-order valence-corrected chi connectivity index (χ3v) is 5.48. The van der Waals surface area contributed by atoms with Crippen molar-refractivity contribution in [3.05, 3.63) is 0 Å². The van der Waals surface area contributed by atoms with E-state index in [2.05, 4.69) is 29.0 Å². The van der Waals surface area contributed by atoms with Crippen LogP contribution in [0.25, 0.3) is 0 Å². The van der Waals surface area contributed by atoms with Gasteiger partial charge in [0, 0.05) is 31.2 Å². The fourth-order valence-electron chi connectivity index (χ4n) is 4.00. The van der Waals surface area contributed by atoms with Crippen molar-refractivity contribution in [1.82, 2.24) is 15.1 Å². The lowest BCUT2D eigenvalue weighted by Gasteiger charge is -2.39. The molecule has 0 aromatic rings. The van der Waals surface area contributed by atoms with Gasteiger partial charge in [0.25, 0.3) is 0 Å². The minimum Gasteiger partial charge on any atom is -0.374 e. The molecule has 4 heteroatoms. The molecule has 4 nitrogen and oxygen atoms in total. The third kappa shape index (κ3) is 3.35. The zero-order valence-electron chi connectivity index (χ0n) is 13.2. The van der Waals surface area contributed by atoms with Crippen molar-refractivity contribution in [3.63, 3.8) is 0 Å². The van der Waals surface area contributed by atoms with E-state index in [9.17, 15) is 0 Å². The second-order valence-electron chi connectivity index (χ2n) is 7.18. The molecule has 3 rings (SSSR count). The zero-order valence-corrected chi connectivity index (χ0v) is 13.2. The normalized spacial score (nSPS) is 40.5. The van der Waals surface area contributed by atoms with Gasteiger partial charge in [0.1, 0.15) is 0 Å². The van der Waals surface area contributed by atoms with Gasteiger partial charge >= 0.3 is 0 Å². The van der Waals surface area contributed by atoms with Crippen LogP contribution in [0.15, 0.2) is 0 Å². The largest absolute Gasteiger partial charge is 0.374 e. The SMILES string of the molecule is CCC1(C)CN(CC2CN3CCCC3CO2)CCCN1. The maximum absolute atomic E-state index is 6.13. The lowest BCUT2D eigenvalue weighted by atomic mass is 9.98. The molecular formula is C16H31N3O. The smallest absolute Gasteiger partial charge is 0.0829 e. The fraction of sp³-hybridized carbons (Fsp3) is 1.00. The molecule has 3 aliphatic heterocycles. The molecular weight excluding hydrogens is 250 g/mol. The van der Waals surface area contributed by atoms with E-state index in [-0.39, 0.29) is 5.54 Å². The monoisotopic (exact) mass is 281 g/mol. The number of hydrogen-bond acceptors (Lipinski definition) is 4. The Morgan fingerprint density at radius 3 is 3.05 bits per heavy atom. The van der Waals surface area contributed by atoms with Crippen LogP contribution >= 0.6 is 0 Å². The maximum atomic E-state index is 6.13.